The van der Waals surface area contributed by atoms with Gasteiger partial charge in [0.25, 0.3) is 0 Å². The molecule has 4 nitrogen and oxygen atoms in total. The molecule has 1 heterocycles. The Bertz CT molecular complexity index is 1630. The highest BCUT2D eigenvalue weighted by molar-refractivity contribution is 6.33. The summed E-state index contributed by atoms with van der Waals surface area (Å²) in [5.41, 5.74) is 7.70. The summed E-state index contributed by atoms with van der Waals surface area (Å²) < 4.78 is 19.9. The fraction of sp³-hybridized carbons (Fsp3) is 0.378. The van der Waals surface area contributed by atoms with Gasteiger partial charge in [-0.3, -0.25) is 0 Å². The molecule has 0 amide bonds. The number of aliphatic carboxylic acids is 1. The summed E-state index contributed by atoms with van der Waals surface area (Å²) in [6.45, 7) is 10.6. The molecular weight excluding hydrogens is 561 g/mol. The van der Waals surface area contributed by atoms with Gasteiger partial charge >= 0.3 is 5.97 Å². The third kappa shape index (κ3) is 6.83. The standard InChI is InChI=1S/C37H41ClFNO3/c1-5-29(37(41)42)32(9-7-21-43-34-10-6-8-27-22-28(39)13-14-31(27)34)30-15-16-33(38)36(24(30)3)35-23(2)17-19-40(25(35)4)20-18-26-11-12-26/h6,8,10,13-17,22,26H,5,7,9,11-12,18-21H2,1-4H3,(H,41,42)/b32-29+. The molecule has 1 N–H and O–H groups in total. The maximum atomic E-state index is 13.7. The fourth-order valence-electron chi connectivity index (χ4n) is 6.35. The lowest BCUT2D eigenvalue weighted by Gasteiger charge is -2.32. The lowest BCUT2D eigenvalue weighted by molar-refractivity contribution is -0.132. The summed E-state index contributed by atoms with van der Waals surface area (Å²) in [4.78, 5) is 14.9. The molecule has 0 atom stereocenters. The van der Waals surface area contributed by atoms with Crippen LogP contribution in [0.4, 0.5) is 4.39 Å². The van der Waals surface area contributed by atoms with Crippen LogP contribution in [0, 0.1) is 18.7 Å². The summed E-state index contributed by atoms with van der Waals surface area (Å²) in [6.07, 6.45) is 7.75. The number of halogens is 2. The second-order valence-corrected chi connectivity index (χ2v) is 12.2. The molecule has 3 aromatic rings. The number of carbonyl (C=O) groups is 1. The SMILES string of the molecule is CC/C(C(=O)O)=C(/CCCOc1cccc2cc(F)ccc12)c1ccc(Cl)c(C2=C(C)N(CCC3CC3)CC=C2C)c1C. The third-order valence-corrected chi connectivity index (χ3v) is 9.26. The van der Waals surface area contributed by atoms with Gasteiger partial charge in [0, 0.05) is 45.9 Å². The molecule has 5 rings (SSSR count). The molecule has 0 spiro atoms. The van der Waals surface area contributed by atoms with Gasteiger partial charge in [-0.1, -0.05) is 55.6 Å². The summed E-state index contributed by atoms with van der Waals surface area (Å²) in [5, 5.41) is 12.5. The largest absolute Gasteiger partial charge is 0.493 e. The average Bonchev–Trinajstić information content (AvgIpc) is 3.80. The van der Waals surface area contributed by atoms with Gasteiger partial charge < -0.3 is 14.7 Å². The molecule has 0 saturated heterocycles. The van der Waals surface area contributed by atoms with Crippen molar-refractivity contribution in [2.75, 3.05) is 19.7 Å². The van der Waals surface area contributed by atoms with E-state index in [2.05, 4.69) is 31.7 Å². The van der Waals surface area contributed by atoms with Crippen LogP contribution in [0.15, 0.2) is 71.5 Å². The molecule has 1 fully saturated rings. The van der Waals surface area contributed by atoms with Crippen LogP contribution in [-0.2, 0) is 4.79 Å². The molecule has 0 bridgehead atoms. The van der Waals surface area contributed by atoms with Gasteiger partial charge in [-0.05, 0) is 110 Å². The Morgan fingerprint density at radius 3 is 2.63 bits per heavy atom. The molecule has 2 aliphatic rings. The third-order valence-electron chi connectivity index (χ3n) is 8.95. The van der Waals surface area contributed by atoms with E-state index in [0.29, 0.717) is 42.2 Å². The number of ether oxygens (including phenoxy) is 1. The van der Waals surface area contributed by atoms with Crippen LogP contribution in [0.1, 0.15) is 76.0 Å². The summed E-state index contributed by atoms with van der Waals surface area (Å²) >= 11 is 6.93. The average molecular weight is 602 g/mol. The highest BCUT2D eigenvalue weighted by atomic mass is 35.5. The minimum absolute atomic E-state index is 0.284. The molecule has 1 saturated carbocycles. The maximum Gasteiger partial charge on any atom is 0.331 e. The zero-order valence-electron chi connectivity index (χ0n) is 25.6. The number of carboxylic acid groups (broad SMARTS) is 1. The topological polar surface area (TPSA) is 49.8 Å². The number of hydrogen-bond acceptors (Lipinski definition) is 3. The Labute approximate surface area is 259 Å². The normalized spacial score (nSPS) is 16.0. The van der Waals surface area contributed by atoms with Crippen LogP contribution >= 0.6 is 11.6 Å². The van der Waals surface area contributed by atoms with Gasteiger partial charge in [0.2, 0.25) is 0 Å². The van der Waals surface area contributed by atoms with Crippen molar-refractivity contribution in [2.45, 2.75) is 66.2 Å². The predicted molar refractivity (Wildman–Crippen MR) is 175 cm³/mol. The van der Waals surface area contributed by atoms with Crippen molar-refractivity contribution >= 4 is 39.5 Å². The van der Waals surface area contributed by atoms with E-state index < -0.39 is 5.97 Å². The molecular formula is C37H41ClFNO3. The Morgan fingerprint density at radius 2 is 1.91 bits per heavy atom. The Kier molecular flexibility index (Phi) is 9.61. The van der Waals surface area contributed by atoms with E-state index in [1.807, 2.05) is 37.3 Å². The molecule has 226 valence electrons. The molecule has 43 heavy (non-hydrogen) atoms. The van der Waals surface area contributed by atoms with Gasteiger partial charge in [0.15, 0.2) is 0 Å². The van der Waals surface area contributed by atoms with E-state index >= 15 is 0 Å². The van der Waals surface area contributed by atoms with Crippen LogP contribution in [0.3, 0.4) is 0 Å². The second kappa shape index (κ2) is 13.4. The smallest absolute Gasteiger partial charge is 0.331 e. The molecule has 0 radical (unpaired) electrons. The van der Waals surface area contributed by atoms with Crippen LogP contribution < -0.4 is 4.74 Å². The molecule has 1 aliphatic carbocycles. The van der Waals surface area contributed by atoms with Crippen molar-refractivity contribution in [3.63, 3.8) is 0 Å². The summed E-state index contributed by atoms with van der Waals surface area (Å²) in [6, 6.07) is 14.1. The van der Waals surface area contributed by atoms with Crippen molar-refractivity contribution in [3.8, 4) is 5.75 Å². The van der Waals surface area contributed by atoms with Crippen LogP contribution in [-0.4, -0.2) is 35.7 Å². The van der Waals surface area contributed by atoms with E-state index in [-0.39, 0.29) is 5.82 Å². The quantitative estimate of drug-likeness (QED) is 0.166. The minimum atomic E-state index is -0.902. The first-order chi connectivity index (χ1) is 20.7. The molecule has 1 aliphatic heterocycles. The Morgan fingerprint density at radius 1 is 1.12 bits per heavy atom. The summed E-state index contributed by atoms with van der Waals surface area (Å²) in [5.74, 6) is 0.366. The maximum absolute atomic E-state index is 13.7. The highest BCUT2D eigenvalue weighted by Crippen LogP contribution is 2.42. The van der Waals surface area contributed by atoms with Crippen molar-refractivity contribution in [3.05, 3.63) is 99.0 Å². The van der Waals surface area contributed by atoms with Crippen molar-refractivity contribution in [1.82, 2.24) is 4.90 Å². The number of rotatable bonds is 12. The summed E-state index contributed by atoms with van der Waals surface area (Å²) in [7, 11) is 0. The van der Waals surface area contributed by atoms with E-state index in [9.17, 15) is 14.3 Å². The van der Waals surface area contributed by atoms with Gasteiger partial charge in [0.05, 0.1) is 6.61 Å². The number of carboxylic acids is 1. The molecule has 0 unspecified atom stereocenters. The van der Waals surface area contributed by atoms with Crippen LogP contribution in [0.5, 0.6) is 5.75 Å². The van der Waals surface area contributed by atoms with Crippen molar-refractivity contribution < 1.29 is 19.0 Å². The molecule has 6 heteroatoms. The lowest BCUT2D eigenvalue weighted by Crippen LogP contribution is -2.27. The van der Waals surface area contributed by atoms with Crippen molar-refractivity contribution in [1.29, 1.82) is 0 Å². The monoisotopic (exact) mass is 601 g/mol. The number of fused-ring (bicyclic) bond motifs is 1. The van der Waals surface area contributed by atoms with E-state index in [4.69, 9.17) is 16.3 Å². The predicted octanol–water partition coefficient (Wildman–Crippen LogP) is 9.84. The van der Waals surface area contributed by atoms with Crippen LogP contribution in [0.2, 0.25) is 5.02 Å². The highest BCUT2D eigenvalue weighted by Gasteiger charge is 2.27. The molecule has 0 aromatic heterocycles. The number of hydrogen-bond donors (Lipinski definition) is 1. The number of benzene rings is 3. The van der Waals surface area contributed by atoms with Crippen LogP contribution in [0.25, 0.3) is 21.9 Å². The number of nitrogens with zero attached hydrogens (tertiary/aromatic N) is 1. The Hall–Kier alpha value is -3.57. The van der Waals surface area contributed by atoms with Gasteiger partial charge in [0.1, 0.15) is 11.6 Å². The van der Waals surface area contributed by atoms with E-state index in [0.717, 1.165) is 57.6 Å². The van der Waals surface area contributed by atoms with E-state index in [1.165, 1.54) is 42.7 Å². The zero-order chi connectivity index (χ0) is 30.7. The minimum Gasteiger partial charge on any atom is -0.493 e. The van der Waals surface area contributed by atoms with Crippen molar-refractivity contribution in [2.24, 2.45) is 5.92 Å². The first kappa shape index (κ1) is 30.9. The Balaban J connectivity index is 1.44. The van der Waals surface area contributed by atoms with Gasteiger partial charge in [-0.15, -0.1) is 0 Å². The number of allylic oxidation sites excluding steroid dienone is 4. The lowest BCUT2D eigenvalue weighted by atomic mass is 9.84. The zero-order valence-corrected chi connectivity index (χ0v) is 26.4. The molecule has 3 aromatic carbocycles. The first-order valence-electron chi connectivity index (χ1n) is 15.4. The van der Waals surface area contributed by atoms with Gasteiger partial charge in [-0.2, -0.15) is 0 Å². The first-order valence-corrected chi connectivity index (χ1v) is 15.8. The second-order valence-electron chi connectivity index (χ2n) is 11.8. The fourth-order valence-corrected chi connectivity index (χ4v) is 6.65. The van der Waals surface area contributed by atoms with Gasteiger partial charge in [-0.25, -0.2) is 9.18 Å². The van der Waals surface area contributed by atoms with E-state index in [1.54, 1.807) is 6.07 Å².